The molecule has 6 heteroatoms. The lowest BCUT2D eigenvalue weighted by molar-refractivity contribution is -0.0328. The van der Waals surface area contributed by atoms with Crippen LogP contribution in [0.4, 0.5) is 13.2 Å². The first kappa shape index (κ1) is 18.4. The third-order valence-electron chi connectivity index (χ3n) is 3.63. The predicted molar refractivity (Wildman–Crippen MR) is 90.2 cm³/mol. The first-order valence-electron chi connectivity index (χ1n) is 7.58. The van der Waals surface area contributed by atoms with Crippen LogP contribution in [0.3, 0.4) is 0 Å². The van der Waals surface area contributed by atoms with E-state index >= 15 is 0 Å². The summed E-state index contributed by atoms with van der Waals surface area (Å²) in [6, 6.07) is 15.5. The largest absolute Gasteiger partial charge is 0.446 e. The summed E-state index contributed by atoms with van der Waals surface area (Å²) in [7, 11) is 0. The van der Waals surface area contributed by atoms with E-state index in [9.17, 15) is 18.0 Å². The number of carbonyl (C=O) groups excluding carboxylic acids is 1. The maximum atomic E-state index is 12.6. The van der Waals surface area contributed by atoms with Crippen LogP contribution in [0.2, 0.25) is 0 Å². The van der Waals surface area contributed by atoms with Gasteiger partial charge in [-0.2, -0.15) is 13.2 Å². The van der Waals surface area contributed by atoms with Crippen molar-refractivity contribution in [2.45, 2.75) is 29.7 Å². The number of hydrogen-bond donors (Lipinski definition) is 1. The van der Waals surface area contributed by atoms with Gasteiger partial charge < -0.3 is 5.32 Å². The minimum absolute atomic E-state index is 0.0442. The van der Waals surface area contributed by atoms with Crippen LogP contribution in [0.1, 0.15) is 35.2 Å². The van der Waals surface area contributed by atoms with Gasteiger partial charge in [0.25, 0.3) is 5.91 Å². The smallest absolute Gasteiger partial charge is 0.351 e. The van der Waals surface area contributed by atoms with E-state index in [2.05, 4.69) is 5.32 Å². The van der Waals surface area contributed by atoms with Crippen molar-refractivity contribution in [1.29, 1.82) is 0 Å². The zero-order valence-corrected chi connectivity index (χ0v) is 14.0. The first-order chi connectivity index (χ1) is 11.4. The first-order valence-corrected chi connectivity index (χ1v) is 8.40. The zero-order chi connectivity index (χ0) is 17.6. The molecule has 0 heterocycles. The normalized spacial score (nSPS) is 12.7. The molecule has 0 bridgehead atoms. The van der Waals surface area contributed by atoms with E-state index in [4.69, 9.17) is 0 Å². The third kappa shape index (κ3) is 5.30. The quantitative estimate of drug-likeness (QED) is 0.721. The summed E-state index contributed by atoms with van der Waals surface area (Å²) in [6.07, 6.45) is 0.823. The Bertz CT molecular complexity index is 673. The number of nitrogens with one attached hydrogen (secondary N) is 1. The summed E-state index contributed by atoms with van der Waals surface area (Å²) in [5.74, 6) is -0.366. The highest BCUT2D eigenvalue weighted by Crippen LogP contribution is 2.38. The second-order valence-corrected chi connectivity index (χ2v) is 6.38. The van der Waals surface area contributed by atoms with E-state index < -0.39 is 11.4 Å². The number of alkyl halides is 3. The van der Waals surface area contributed by atoms with Crippen LogP contribution < -0.4 is 5.32 Å². The van der Waals surface area contributed by atoms with Crippen molar-refractivity contribution in [2.24, 2.45) is 0 Å². The number of hydrogen-bond acceptors (Lipinski definition) is 2. The van der Waals surface area contributed by atoms with Crippen LogP contribution in [-0.4, -0.2) is 18.0 Å². The fourth-order valence-corrected chi connectivity index (χ4v) is 3.07. The SMILES string of the molecule is CCC(CNC(=O)c1ccccc1SC(F)(F)F)c1ccccc1. The highest BCUT2D eigenvalue weighted by atomic mass is 32.2. The molecule has 0 saturated carbocycles. The van der Waals surface area contributed by atoms with Gasteiger partial charge in [-0.3, -0.25) is 4.79 Å². The van der Waals surface area contributed by atoms with Gasteiger partial charge >= 0.3 is 5.51 Å². The van der Waals surface area contributed by atoms with Crippen LogP contribution >= 0.6 is 11.8 Å². The molecule has 1 N–H and O–H groups in total. The Morgan fingerprint density at radius 2 is 1.71 bits per heavy atom. The Morgan fingerprint density at radius 3 is 2.33 bits per heavy atom. The molecule has 0 radical (unpaired) electrons. The second-order valence-electron chi connectivity index (χ2n) is 5.27. The van der Waals surface area contributed by atoms with Gasteiger partial charge in [-0.1, -0.05) is 49.4 Å². The fourth-order valence-electron chi connectivity index (χ4n) is 2.40. The lowest BCUT2D eigenvalue weighted by atomic mass is 9.96. The summed E-state index contributed by atoms with van der Waals surface area (Å²) in [6.45, 7) is 2.39. The molecule has 128 valence electrons. The van der Waals surface area contributed by atoms with Gasteiger partial charge in [0, 0.05) is 17.4 Å². The van der Waals surface area contributed by atoms with Crippen molar-refractivity contribution >= 4 is 17.7 Å². The topological polar surface area (TPSA) is 29.1 Å². The molecule has 1 atom stereocenters. The van der Waals surface area contributed by atoms with Crippen molar-refractivity contribution < 1.29 is 18.0 Å². The van der Waals surface area contributed by atoms with E-state index in [-0.39, 0.29) is 28.1 Å². The molecule has 1 unspecified atom stereocenters. The lowest BCUT2D eigenvalue weighted by Gasteiger charge is -2.17. The van der Waals surface area contributed by atoms with Crippen molar-refractivity contribution in [3.8, 4) is 0 Å². The fraction of sp³-hybridized carbons (Fsp3) is 0.278. The third-order valence-corrected chi connectivity index (χ3v) is 4.44. The second kappa shape index (κ2) is 8.24. The van der Waals surface area contributed by atoms with Gasteiger partial charge in [0.15, 0.2) is 0 Å². The molecule has 0 aliphatic rings. The monoisotopic (exact) mass is 353 g/mol. The number of rotatable bonds is 6. The lowest BCUT2D eigenvalue weighted by Crippen LogP contribution is -2.28. The van der Waals surface area contributed by atoms with Crippen molar-refractivity contribution in [2.75, 3.05) is 6.54 Å². The highest BCUT2D eigenvalue weighted by Gasteiger charge is 2.31. The molecule has 2 aromatic rings. The molecule has 2 nitrogen and oxygen atoms in total. The Hall–Kier alpha value is -1.95. The van der Waals surface area contributed by atoms with E-state index in [0.717, 1.165) is 12.0 Å². The molecule has 24 heavy (non-hydrogen) atoms. The molecular formula is C18H18F3NOS. The molecule has 0 aromatic heterocycles. The Balaban J connectivity index is 2.07. The number of thioether (sulfide) groups is 1. The summed E-state index contributed by atoms with van der Waals surface area (Å²) in [4.78, 5) is 12.2. The average Bonchev–Trinajstić information content (AvgIpc) is 2.55. The standard InChI is InChI=1S/C18H18F3NOS/c1-2-13(14-8-4-3-5-9-14)12-22-17(23)15-10-6-7-11-16(15)24-18(19,20)21/h3-11,13H,2,12H2,1H3,(H,22,23). The van der Waals surface area contributed by atoms with Gasteiger partial charge in [0.1, 0.15) is 0 Å². The molecular weight excluding hydrogens is 335 g/mol. The van der Waals surface area contributed by atoms with Crippen LogP contribution in [0.25, 0.3) is 0 Å². The molecule has 2 rings (SSSR count). The molecule has 0 fully saturated rings. The van der Waals surface area contributed by atoms with Crippen molar-refractivity contribution in [3.05, 3.63) is 65.7 Å². The van der Waals surface area contributed by atoms with Crippen LogP contribution in [0.5, 0.6) is 0 Å². The Labute approximate surface area is 143 Å². The zero-order valence-electron chi connectivity index (χ0n) is 13.1. The van der Waals surface area contributed by atoms with Crippen LogP contribution in [-0.2, 0) is 0 Å². The van der Waals surface area contributed by atoms with Gasteiger partial charge in [-0.25, -0.2) is 0 Å². The van der Waals surface area contributed by atoms with Crippen molar-refractivity contribution in [3.63, 3.8) is 0 Å². The van der Waals surface area contributed by atoms with Gasteiger partial charge in [0.05, 0.1) is 5.56 Å². The van der Waals surface area contributed by atoms with Crippen LogP contribution in [0, 0.1) is 0 Å². The van der Waals surface area contributed by atoms with Crippen molar-refractivity contribution in [1.82, 2.24) is 5.32 Å². The molecule has 1 amide bonds. The minimum Gasteiger partial charge on any atom is -0.351 e. The molecule has 2 aromatic carbocycles. The number of benzene rings is 2. The predicted octanol–water partition coefficient (Wildman–Crippen LogP) is 5.22. The summed E-state index contributed by atoms with van der Waals surface area (Å²) < 4.78 is 37.8. The minimum atomic E-state index is -4.42. The average molecular weight is 353 g/mol. The summed E-state index contributed by atoms with van der Waals surface area (Å²) in [5.41, 5.74) is -3.28. The van der Waals surface area contributed by atoms with E-state index in [1.807, 2.05) is 37.3 Å². The van der Waals surface area contributed by atoms with Gasteiger partial charge in [0.2, 0.25) is 0 Å². The maximum absolute atomic E-state index is 12.6. The van der Waals surface area contributed by atoms with Crippen LogP contribution in [0.15, 0.2) is 59.5 Å². The molecule has 0 spiro atoms. The van der Waals surface area contributed by atoms with E-state index in [1.165, 1.54) is 18.2 Å². The number of amides is 1. The van der Waals surface area contributed by atoms with E-state index in [0.29, 0.717) is 6.54 Å². The number of carbonyl (C=O) groups is 1. The summed E-state index contributed by atoms with van der Waals surface area (Å²) >= 11 is -0.269. The van der Waals surface area contributed by atoms with Gasteiger partial charge in [-0.05, 0) is 35.9 Å². The molecule has 0 aliphatic carbocycles. The van der Waals surface area contributed by atoms with E-state index in [1.54, 1.807) is 6.07 Å². The highest BCUT2D eigenvalue weighted by molar-refractivity contribution is 8.00. The molecule has 0 saturated heterocycles. The Kier molecular flexibility index (Phi) is 6.31. The number of halogens is 3. The Morgan fingerprint density at radius 1 is 1.08 bits per heavy atom. The summed E-state index contributed by atoms with van der Waals surface area (Å²) in [5, 5.41) is 2.75. The molecule has 0 aliphatic heterocycles. The maximum Gasteiger partial charge on any atom is 0.446 e. The van der Waals surface area contributed by atoms with Gasteiger partial charge in [-0.15, -0.1) is 0 Å².